The van der Waals surface area contributed by atoms with Crippen molar-refractivity contribution in [3.63, 3.8) is 0 Å². The first-order chi connectivity index (χ1) is 25.8. The van der Waals surface area contributed by atoms with Gasteiger partial charge in [0.2, 0.25) is 5.91 Å². The van der Waals surface area contributed by atoms with E-state index in [1.165, 1.54) is 5.01 Å². The average Bonchev–Trinajstić information content (AvgIpc) is 3.47. The molecule has 0 radical (unpaired) electrons. The predicted octanol–water partition coefficient (Wildman–Crippen LogP) is 5.99. The van der Waals surface area contributed by atoms with Crippen LogP contribution in [0.3, 0.4) is 0 Å². The van der Waals surface area contributed by atoms with Gasteiger partial charge in [-0.15, -0.1) is 0 Å². The highest BCUT2D eigenvalue weighted by Gasteiger charge is 2.36. The summed E-state index contributed by atoms with van der Waals surface area (Å²) >= 11 is 0. The molecule has 2 amide bonds. The van der Waals surface area contributed by atoms with Gasteiger partial charge in [0, 0.05) is 54.7 Å². The van der Waals surface area contributed by atoms with Crippen LogP contribution in [0.1, 0.15) is 77.3 Å². The van der Waals surface area contributed by atoms with Crippen LogP contribution in [0.4, 0.5) is 0 Å². The van der Waals surface area contributed by atoms with E-state index in [0.29, 0.717) is 25.8 Å². The number of hydrazine groups is 1. The number of hydrogen-bond acceptors (Lipinski definition) is 8. The molecule has 11 heteroatoms. The second-order valence-electron chi connectivity index (χ2n) is 15.9. The molecule has 1 fully saturated rings. The van der Waals surface area contributed by atoms with Crippen LogP contribution in [-0.4, -0.2) is 77.8 Å². The number of aromatic nitrogens is 2. The van der Waals surface area contributed by atoms with Crippen LogP contribution in [0.15, 0.2) is 60.8 Å². The molecule has 2 aromatic carbocycles. The Bertz CT molecular complexity index is 2000. The summed E-state index contributed by atoms with van der Waals surface area (Å²) in [5.41, 5.74) is 10.9. The zero-order chi connectivity index (χ0) is 38.7. The van der Waals surface area contributed by atoms with Gasteiger partial charge in [-0.3, -0.25) is 24.4 Å². The van der Waals surface area contributed by atoms with Gasteiger partial charge in [-0.05, 0) is 92.6 Å². The molecule has 2 aliphatic heterocycles. The molecule has 11 nitrogen and oxygen atoms in total. The van der Waals surface area contributed by atoms with E-state index in [0.717, 1.165) is 56.7 Å². The molecule has 4 aromatic rings. The Balaban J connectivity index is 1.52. The average molecular weight is 737 g/mol. The van der Waals surface area contributed by atoms with E-state index in [1.807, 2.05) is 45.2 Å². The van der Waals surface area contributed by atoms with E-state index in [2.05, 4.69) is 77.8 Å². The van der Waals surface area contributed by atoms with Gasteiger partial charge in [0.05, 0.1) is 30.1 Å². The van der Waals surface area contributed by atoms with Crippen molar-refractivity contribution in [2.24, 2.45) is 11.3 Å². The van der Waals surface area contributed by atoms with E-state index in [1.54, 1.807) is 14.2 Å². The monoisotopic (exact) mass is 736 g/mol. The first-order valence-electron chi connectivity index (χ1n) is 19.3. The lowest BCUT2D eigenvalue weighted by Crippen LogP contribution is -2.61. The minimum absolute atomic E-state index is 0.0140. The zero-order valence-corrected chi connectivity index (χ0v) is 33.0. The predicted molar refractivity (Wildman–Crippen MR) is 211 cm³/mol. The molecule has 54 heavy (non-hydrogen) atoms. The quantitative estimate of drug-likeness (QED) is 0.189. The number of ether oxygens (including phenoxy) is 2. The van der Waals surface area contributed by atoms with E-state index >= 15 is 0 Å². The zero-order valence-electron chi connectivity index (χ0n) is 33.0. The normalized spacial score (nSPS) is 20.4. The first-order valence-corrected chi connectivity index (χ1v) is 19.3. The fraction of sp³-hybridized carbons (Fsp3) is 0.488. The second kappa shape index (κ2) is 16.4. The van der Waals surface area contributed by atoms with Crippen molar-refractivity contribution in [1.82, 2.24) is 30.6 Å². The number of aryl methyl sites for hydroxylation is 1. The van der Waals surface area contributed by atoms with Crippen LogP contribution in [0.25, 0.3) is 33.3 Å². The number of carbonyl (C=O) groups excluding carboxylic acids is 3. The summed E-state index contributed by atoms with van der Waals surface area (Å²) in [6, 6.07) is 16.9. The smallest absolute Gasteiger partial charge is 0.324 e. The van der Waals surface area contributed by atoms with Gasteiger partial charge in [-0.2, -0.15) is 0 Å². The molecule has 3 N–H and O–H groups in total. The summed E-state index contributed by atoms with van der Waals surface area (Å²) in [6.45, 7) is 13.7. The van der Waals surface area contributed by atoms with Gasteiger partial charge in [0.1, 0.15) is 12.1 Å². The second-order valence-corrected chi connectivity index (χ2v) is 15.9. The highest BCUT2D eigenvalue weighted by molar-refractivity contribution is 5.95. The summed E-state index contributed by atoms with van der Waals surface area (Å²) in [4.78, 5) is 46.3. The Morgan fingerprint density at radius 2 is 1.87 bits per heavy atom. The molecule has 0 saturated carbocycles. The van der Waals surface area contributed by atoms with Gasteiger partial charge in [0.25, 0.3) is 5.91 Å². The fourth-order valence-electron chi connectivity index (χ4n) is 8.01. The summed E-state index contributed by atoms with van der Waals surface area (Å²) in [5, 5.41) is 8.76. The van der Waals surface area contributed by atoms with Crippen molar-refractivity contribution >= 4 is 28.7 Å². The molecular weight excluding hydrogens is 681 g/mol. The molecule has 1 unspecified atom stereocenters. The van der Waals surface area contributed by atoms with Gasteiger partial charge in [-0.1, -0.05) is 58.0 Å². The molecule has 0 spiro atoms. The largest absolute Gasteiger partial charge is 0.464 e. The van der Waals surface area contributed by atoms with Crippen LogP contribution in [-0.2, 0) is 43.2 Å². The molecule has 1 saturated heterocycles. The minimum atomic E-state index is -0.860. The number of fused-ring (bicyclic) bond motifs is 6. The number of amides is 2. The summed E-state index contributed by atoms with van der Waals surface area (Å²) in [7, 11) is 3.45. The van der Waals surface area contributed by atoms with Crippen LogP contribution in [0.2, 0.25) is 0 Å². The highest BCUT2D eigenvalue weighted by Crippen LogP contribution is 2.42. The van der Waals surface area contributed by atoms with E-state index in [-0.39, 0.29) is 36.9 Å². The first kappa shape index (κ1) is 39.1. The molecule has 0 aliphatic carbocycles. The topological polar surface area (TPSA) is 127 Å². The van der Waals surface area contributed by atoms with Crippen LogP contribution >= 0.6 is 0 Å². The standard InChI is InChI=1S/C43H56N6O5/c1-9-48-36-18-17-30-23-32(36)33(39(48)31-15-11-19-45-38(31)27(4)53-8)24-43(5,6)25-54-42(52)34-16-12-20-49(47-34)41(51)35(22-28-13-10-14-29(30)21-28)46-40(50)37(44-7)26(2)3/h10-11,13-15,17-19,21,23,26-27,34-35,37,44,47H,9,12,16,20,22,24-25H2,1-8H3,(H,46,50)/t27-,34-,35?,37-/m0/s1. The number of pyridine rings is 1. The number of nitrogens with zero attached hydrogens (tertiary/aromatic N) is 3. The van der Waals surface area contributed by atoms with Crippen molar-refractivity contribution in [2.75, 3.05) is 27.3 Å². The number of esters is 1. The van der Waals surface area contributed by atoms with Gasteiger partial charge in [0.15, 0.2) is 0 Å². The van der Waals surface area contributed by atoms with Crippen molar-refractivity contribution < 1.29 is 23.9 Å². The summed E-state index contributed by atoms with van der Waals surface area (Å²) in [5.74, 6) is -0.916. The van der Waals surface area contributed by atoms with Crippen LogP contribution < -0.4 is 16.1 Å². The van der Waals surface area contributed by atoms with Crippen LogP contribution in [0.5, 0.6) is 0 Å². The molecule has 288 valence electrons. The minimum Gasteiger partial charge on any atom is -0.464 e. The fourth-order valence-corrected chi connectivity index (χ4v) is 8.01. The third-order valence-electron chi connectivity index (χ3n) is 10.9. The maximum absolute atomic E-state index is 14.2. The van der Waals surface area contributed by atoms with Gasteiger partial charge >= 0.3 is 5.97 Å². The maximum atomic E-state index is 14.2. The Kier molecular flexibility index (Phi) is 11.9. The number of benzene rings is 2. The van der Waals surface area contributed by atoms with Crippen molar-refractivity contribution in [3.8, 4) is 22.4 Å². The van der Waals surface area contributed by atoms with E-state index in [9.17, 15) is 14.4 Å². The molecular formula is C43H56N6O5. The lowest BCUT2D eigenvalue weighted by molar-refractivity contribution is -0.155. The number of hydrogen-bond donors (Lipinski definition) is 3. The van der Waals surface area contributed by atoms with Gasteiger partial charge in [-0.25, -0.2) is 5.43 Å². The Morgan fingerprint density at radius 3 is 2.59 bits per heavy atom. The highest BCUT2D eigenvalue weighted by atomic mass is 16.5. The maximum Gasteiger partial charge on any atom is 0.324 e. The lowest BCUT2D eigenvalue weighted by atomic mass is 9.84. The Morgan fingerprint density at radius 1 is 1.09 bits per heavy atom. The molecule has 2 aromatic heterocycles. The van der Waals surface area contributed by atoms with Crippen molar-refractivity contribution in [3.05, 3.63) is 77.6 Å². The van der Waals surface area contributed by atoms with Crippen molar-refractivity contribution in [2.45, 2.75) is 98.0 Å². The Hall–Kier alpha value is -4.58. The molecule has 2 aliphatic rings. The summed E-state index contributed by atoms with van der Waals surface area (Å²) in [6.07, 6.45) is 3.66. The number of methoxy groups -OCH3 is 1. The molecule has 4 atom stereocenters. The molecule has 6 bridgehead atoms. The number of rotatable bonds is 8. The SMILES string of the molecule is CCn1c(-c2cccnc2[C@H](C)OC)c2c3cc(ccc31)-c1cccc(c1)CC(NC(=O)[C@@H](NC)C(C)C)C(=O)N1CCC[C@H](N1)C(=O)OCC(C)(C)C2. The third kappa shape index (κ3) is 8.09. The lowest BCUT2D eigenvalue weighted by Gasteiger charge is -2.36. The molecule has 6 rings (SSSR count). The van der Waals surface area contributed by atoms with Gasteiger partial charge < -0.3 is 24.7 Å². The third-order valence-corrected chi connectivity index (χ3v) is 10.9. The number of nitrogens with one attached hydrogen (secondary N) is 3. The number of likely N-dealkylation sites (N-methyl/N-ethyl adjacent to an activating group) is 1. The summed E-state index contributed by atoms with van der Waals surface area (Å²) < 4.78 is 14.2. The molecule has 4 heterocycles. The number of carbonyl (C=O) groups is 3. The number of cyclic esters (lactones) is 1. The van der Waals surface area contributed by atoms with Crippen molar-refractivity contribution in [1.29, 1.82) is 0 Å². The Labute approximate surface area is 319 Å². The van der Waals surface area contributed by atoms with E-state index in [4.69, 9.17) is 14.5 Å². The van der Waals surface area contributed by atoms with E-state index < -0.39 is 29.5 Å². The van der Waals surface area contributed by atoms with Crippen LogP contribution in [0, 0.1) is 11.3 Å².